The zero-order valence-corrected chi connectivity index (χ0v) is 16.8. The van der Waals surface area contributed by atoms with E-state index in [0.29, 0.717) is 19.3 Å². The number of fused-ring (bicyclic) bond motifs is 3. The third-order valence-electron chi connectivity index (χ3n) is 6.11. The number of aliphatic carboxylic acids is 1. The first kappa shape index (κ1) is 20.9. The molecule has 4 rings (SSSR count). The summed E-state index contributed by atoms with van der Waals surface area (Å²) in [7, 11) is 0. The average molecular weight is 424 g/mol. The van der Waals surface area contributed by atoms with Crippen LogP contribution in [0.4, 0.5) is 4.79 Å². The quantitative estimate of drug-likeness (QED) is 0.539. The summed E-state index contributed by atoms with van der Waals surface area (Å²) < 4.78 is 5.50. The van der Waals surface area contributed by atoms with E-state index in [1.807, 2.05) is 48.5 Å². The molecule has 2 aromatic carbocycles. The predicted molar refractivity (Wildman–Crippen MR) is 111 cm³/mol. The van der Waals surface area contributed by atoms with Gasteiger partial charge in [-0.3, -0.25) is 4.79 Å². The Morgan fingerprint density at radius 3 is 2.10 bits per heavy atom. The molecule has 31 heavy (non-hydrogen) atoms. The summed E-state index contributed by atoms with van der Waals surface area (Å²) in [6, 6.07) is 14.5. The third kappa shape index (κ3) is 3.86. The minimum absolute atomic E-state index is 0.102. The smallest absolute Gasteiger partial charge is 0.408 e. The van der Waals surface area contributed by atoms with Gasteiger partial charge in [-0.15, -0.1) is 0 Å². The number of carbonyl (C=O) groups is 3. The molecule has 1 saturated carbocycles. The summed E-state index contributed by atoms with van der Waals surface area (Å²) >= 11 is 0. The molecular weight excluding hydrogens is 400 g/mol. The lowest BCUT2D eigenvalue weighted by Gasteiger charge is -2.40. The summed E-state index contributed by atoms with van der Waals surface area (Å²) in [5.41, 5.74) is 3.18. The number of alkyl carbamates (subject to hydrolysis) is 1. The number of nitrogens with one attached hydrogen (secondary N) is 2. The Morgan fingerprint density at radius 1 is 1.03 bits per heavy atom. The van der Waals surface area contributed by atoms with E-state index in [4.69, 9.17) is 14.9 Å². The van der Waals surface area contributed by atoms with E-state index in [0.717, 1.165) is 22.3 Å². The van der Waals surface area contributed by atoms with Crippen molar-refractivity contribution in [2.24, 2.45) is 0 Å². The second kappa shape index (κ2) is 8.39. The Bertz CT molecular complexity index is 971. The lowest BCUT2D eigenvalue weighted by atomic mass is 9.76. The van der Waals surface area contributed by atoms with E-state index in [1.165, 1.54) is 0 Å². The van der Waals surface area contributed by atoms with Crippen molar-refractivity contribution in [3.8, 4) is 11.1 Å². The van der Waals surface area contributed by atoms with Crippen molar-refractivity contribution in [2.45, 2.75) is 36.8 Å². The molecule has 2 aliphatic carbocycles. The summed E-state index contributed by atoms with van der Waals surface area (Å²) in [5, 5.41) is 23.1. The minimum Gasteiger partial charge on any atom is -0.480 e. The van der Waals surface area contributed by atoms with Gasteiger partial charge < -0.3 is 25.6 Å². The van der Waals surface area contributed by atoms with Crippen molar-refractivity contribution in [2.75, 3.05) is 13.2 Å². The molecule has 0 heterocycles. The minimum atomic E-state index is -1.42. The zero-order valence-electron chi connectivity index (χ0n) is 16.8. The van der Waals surface area contributed by atoms with Crippen molar-refractivity contribution in [1.29, 1.82) is 0 Å². The topological polar surface area (TPSA) is 125 Å². The number of aliphatic hydroxyl groups excluding tert-OH is 1. The zero-order chi connectivity index (χ0) is 22.0. The van der Waals surface area contributed by atoms with Gasteiger partial charge in [-0.25, -0.2) is 9.59 Å². The molecule has 1 fully saturated rings. The number of carbonyl (C=O) groups excluding carboxylic acids is 2. The monoisotopic (exact) mass is 424 g/mol. The molecule has 8 heteroatoms. The first-order valence-electron chi connectivity index (χ1n) is 10.2. The van der Waals surface area contributed by atoms with Gasteiger partial charge in [-0.1, -0.05) is 48.5 Å². The van der Waals surface area contributed by atoms with Gasteiger partial charge in [0.05, 0.1) is 6.61 Å². The Morgan fingerprint density at radius 2 is 1.61 bits per heavy atom. The van der Waals surface area contributed by atoms with Crippen molar-refractivity contribution in [3.63, 3.8) is 0 Å². The van der Waals surface area contributed by atoms with E-state index in [9.17, 15) is 14.4 Å². The van der Waals surface area contributed by atoms with Crippen molar-refractivity contribution < 1.29 is 29.3 Å². The van der Waals surface area contributed by atoms with Crippen LogP contribution in [0.3, 0.4) is 0 Å². The van der Waals surface area contributed by atoms with Crippen LogP contribution in [0, 0.1) is 0 Å². The molecule has 0 aliphatic heterocycles. The molecule has 0 radical (unpaired) electrons. The maximum Gasteiger partial charge on any atom is 0.408 e. The van der Waals surface area contributed by atoms with E-state index >= 15 is 0 Å². The molecule has 0 spiro atoms. The molecular formula is C23H24N2O6. The molecule has 1 unspecified atom stereocenters. The Labute approximate surface area is 179 Å². The highest BCUT2D eigenvalue weighted by Crippen LogP contribution is 2.44. The van der Waals surface area contributed by atoms with E-state index < -0.39 is 36.2 Å². The van der Waals surface area contributed by atoms with Gasteiger partial charge in [-0.2, -0.15) is 0 Å². The molecule has 0 saturated heterocycles. The number of carboxylic acid groups (broad SMARTS) is 1. The highest BCUT2D eigenvalue weighted by atomic mass is 16.5. The van der Waals surface area contributed by atoms with Gasteiger partial charge in [0.15, 0.2) is 0 Å². The highest BCUT2D eigenvalue weighted by Gasteiger charge is 2.47. The number of aliphatic hydroxyl groups is 1. The normalized spacial score (nSPS) is 16.9. The molecule has 2 aromatic rings. The molecule has 1 atom stereocenters. The second-order valence-electron chi connectivity index (χ2n) is 7.93. The second-order valence-corrected chi connectivity index (χ2v) is 7.93. The Kier molecular flexibility index (Phi) is 5.65. The lowest BCUT2D eigenvalue weighted by molar-refractivity contribution is -0.145. The molecule has 0 aromatic heterocycles. The van der Waals surface area contributed by atoms with Crippen LogP contribution in [0.15, 0.2) is 48.5 Å². The predicted octanol–water partition coefficient (Wildman–Crippen LogP) is 2.01. The van der Waals surface area contributed by atoms with Crippen LogP contribution in [-0.4, -0.2) is 53.0 Å². The highest BCUT2D eigenvalue weighted by molar-refractivity contribution is 5.93. The van der Waals surface area contributed by atoms with Crippen LogP contribution in [-0.2, 0) is 14.3 Å². The molecule has 2 amide bonds. The van der Waals surface area contributed by atoms with Crippen LogP contribution >= 0.6 is 0 Å². The SMILES string of the molecule is O=C(NC1(C(=O)NC(CO)C(=O)O)CCC1)OCC1c2ccccc2-c2ccccc21. The lowest BCUT2D eigenvalue weighted by Crippen LogP contribution is -2.65. The van der Waals surface area contributed by atoms with Crippen molar-refractivity contribution in [3.05, 3.63) is 59.7 Å². The fourth-order valence-corrected chi connectivity index (χ4v) is 4.25. The standard InChI is InChI=1S/C23H24N2O6/c26-12-19(20(27)28)24-21(29)23(10-5-11-23)25-22(30)31-13-18-16-8-3-1-6-14(16)15-7-2-4-9-17(15)18/h1-4,6-9,18-19,26H,5,10-13H2,(H,24,29)(H,25,30)(H,27,28). The number of amides is 2. The van der Waals surface area contributed by atoms with Gasteiger partial charge >= 0.3 is 12.1 Å². The molecule has 162 valence electrons. The number of ether oxygens (including phenoxy) is 1. The average Bonchev–Trinajstić information content (AvgIpc) is 3.06. The number of rotatable bonds is 7. The maximum atomic E-state index is 12.6. The van der Waals surface area contributed by atoms with Crippen molar-refractivity contribution >= 4 is 18.0 Å². The van der Waals surface area contributed by atoms with Crippen LogP contribution in [0.1, 0.15) is 36.3 Å². The van der Waals surface area contributed by atoms with Crippen LogP contribution < -0.4 is 10.6 Å². The van der Waals surface area contributed by atoms with E-state index in [1.54, 1.807) is 0 Å². The fourth-order valence-electron chi connectivity index (χ4n) is 4.25. The third-order valence-corrected chi connectivity index (χ3v) is 6.11. The largest absolute Gasteiger partial charge is 0.480 e. The summed E-state index contributed by atoms with van der Waals surface area (Å²) in [6.07, 6.45) is 0.739. The van der Waals surface area contributed by atoms with Crippen molar-refractivity contribution in [1.82, 2.24) is 10.6 Å². The number of hydrogen-bond donors (Lipinski definition) is 4. The molecule has 4 N–H and O–H groups in total. The van der Waals surface area contributed by atoms with Gasteiger partial charge in [0, 0.05) is 5.92 Å². The summed E-state index contributed by atoms with van der Waals surface area (Å²) in [4.78, 5) is 36.2. The fraction of sp³-hybridized carbons (Fsp3) is 0.348. The maximum absolute atomic E-state index is 12.6. The Balaban J connectivity index is 1.42. The van der Waals surface area contributed by atoms with E-state index in [2.05, 4.69) is 10.6 Å². The summed E-state index contributed by atoms with van der Waals surface area (Å²) in [6.45, 7) is -0.617. The Hall–Kier alpha value is -3.39. The van der Waals surface area contributed by atoms with Crippen LogP contribution in [0.5, 0.6) is 0 Å². The molecule has 8 nitrogen and oxygen atoms in total. The molecule has 0 bridgehead atoms. The summed E-state index contributed by atoms with van der Waals surface area (Å²) in [5.74, 6) is -2.07. The van der Waals surface area contributed by atoms with Gasteiger partial charge in [0.1, 0.15) is 18.2 Å². The number of benzene rings is 2. The van der Waals surface area contributed by atoms with Gasteiger partial charge in [0.25, 0.3) is 0 Å². The first-order valence-corrected chi connectivity index (χ1v) is 10.2. The van der Waals surface area contributed by atoms with E-state index in [-0.39, 0.29) is 12.5 Å². The first-order chi connectivity index (χ1) is 14.9. The van der Waals surface area contributed by atoms with Crippen LogP contribution in [0.2, 0.25) is 0 Å². The number of hydrogen-bond acceptors (Lipinski definition) is 5. The van der Waals surface area contributed by atoms with Crippen LogP contribution in [0.25, 0.3) is 11.1 Å². The van der Waals surface area contributed by atoms with Gasteiger partial charge in [0.2, 0.25) is 5.91 Å². The number of carboxylic acids is 1. The molecule has 2 aliphatic rings. The van der Waals surface area contributed by atoms with Gasteiger partial charge in [-0.05, 0) is 41.5 Å².